The van der Waals surface area contributed by atoms with E-state index >= 15 is 0 Å². The second-order valence-corrected chi connectivity index (χ2v) is 6.13. The first kappa shape index (κ1) is 15.4. The van der Waals surface area contributed by atoms with Crippen LogP contribution in [0.2, 0.25) is 0 Å². The maximum Gasteiger partial charge on any atom is 0.281 e. The molecule has 0 amide bonds. The summed E-state index contributed by atoms with van der Waals surface area (Å²) < 4.78 is 3.26. The molecule has 1 aromatic carbocycles. The van der Waals surface area contributed by atoms with Crippen LogP contribution in [0.15, 0.2) is 41.6 Å². The fraction of sp³-hybridized carbons (Fsp3) is 0.353. The van der Waals surface area contributed by atoms with Crippen LogP contribution in [0.4, 0.5) is 0 Å². The molecule has 6 heteroatoms. The zero-order chi connectivity index (χ0) is 16.6. The molecule has 120 valence electrons. The Hall–Kier alpha value is -2.47. The molecule has 2 heterocycles. The number of benzene rings is 1. The van der Waals surface area contributed by atoms with E-state index in [1.165, 1.54) is 11.1 Å². The van der Waals surface area contributed by atoms with Crippen LogP contribution in [0.25, 0.3) is 11.0 Å². The molecular formula is C17H21N5O. The van der Waals surface area contributed by atoms with Crippen molar-refractivity contribution in [2.45, 2.75) is 19.5 Å². The molecular weight excluding hydrogens is 290 g/mol. The number of aromatic nitrogens is 4. The van der Waals surface area contributed by atoms with E-state index in [1.54, 1.807) is 28.8 Å². The van der Waals surface area contributed by atoms with Gasteiger partial charge in [0.15, 0.2) is 5.52 Å². The van der Waals surface area contributed by atoms with E-state index in [9.17, 15) is 4.79 Å². The van der Waals surface area contributed by atoms with Crippen LogP contribution in [-0.2, 0) is 13.6 Å². The van der Waals surface area contributed by atoms with Crippen molar-refractivity contribution in [1.29, 1.82) is 0 Å². The van der Waals surface area contributed by atoms with Gasteiger partial charge in [0.25, 0.3) is 5.56 Å². The molecule has 0 bridgehead atoms. The highest BCUT2D eigenvalue weighted by Gasteiger charge is 2.17. The van der Waals surface area contributed by atoms with Gasteiger partial charge in [-0.15, -0.1) is 0 Å². The predicted molar refractivity (Wildman–Crippen MR) is 90.4 cm³/mol. The van der Waals surface area contributed by atoms with Gasteiger partial charge < -0.3 is 4.90 Å². The highest BCUT2D eigenvalue weighted by molar-refractivity contribution is 5.71. The van der Waals surface area contributed by atoms with Crippen molar-refractivity contribution < 1.29 is 0 Å². The third kappa shape index (κ3) is 3.03. The van der Waals surface area contributed by atoms with Crippen LogP contribution in [0.1, 0.15) is 17.2 Å². The zero-order valence-electron chi connectivity index (χ0n) is 13.9. The Morgan fingerprint density at radius 3 is 2.78 bits per heavy atom. The van der Waals surface area contributed by atoms with Gasteiger partial charge in [0.2, 0.25) is 0 Å². The lowest BCUT2D eigenvalue weighted by molar-refractivity contribution is 0.266. The Bertz CT molecular complexity index is 893. The van der Waals surface area contributed by atoms with Crippen LogP contribution in [0.3, 0.4) is 0 Å². The fourth-order valence-corrected chi connectivity index (χ4v) is 2.80. The molecule has 0 fully saturated rings. The predicted octanol–water partition coefficient (Wildman–Crippen LogP) is 1.74. The van der Waals surface area contributed by atoms with E-state index in [-0.39, 0.29) is 11.6 Å². The summed E-state index contributed by atoms with van der Waals surface area (Å²) in [5.74, 6) is 0. The molecule has 3 rings (SSSR count). The minimum absolute atomic E-state index is 0.0931. The minimum Gasteiger partial charge on any atom is -0.301 e. The minimum atomic E-state index is -0.102. The molecule has 0 spiro atoms. The van der Waals surface area contributed by atoms with Crippen LogP contribution in [0, 0.1) is 6.92 Å². The SMILES string of the molecule is Cc1cccc(C(Cn2cnc3cn(C)nc3c2=O)N(C)C)c1. The van der Waals surface area contributed by atoms with Crippen molar-refractivity contribution in [3.8, 4) is 0 Å². The second-order valence-electron chi connectivity index (χ2n) is 6.13. The van der Waals surface area contributed by atoms with E-state index in [1.807, 2.05) is 20.2 Å². The summed E-state index contributed by atoms with van der Waals surface area (Å²) >= 11 is 0. The molecule has 0 aliphatic carbocycles. The van der Waals surface area contributed by atoms with Crippen molar-refractivity contribution in [3.63, 3.8) is 0 Å². The van der Waals surface area contributed by atoms with Crippen LogP contribution >= 0.6 is 0 Å². The Morgan fingerprint density at radius 1 is 1.30 bits per heavy atom. The van der Waals surface area contributed by atoms with Gasteiger partial charge in [-0.2, -0.15) is 5.10 Å². The van der Waals surface area contributed by atoms with Crippen molar-refractivity contribution >= 4 is 11.0 Å². The number of likely N-dealkylation sites (N-methyl/N-ethyl adjacent to an activating group) is 1. The van der Waals surface area contributed by atoms with E-state index in [4.69, 9.17) is 0 Å². The highest BCUT2D eigenvalue weighted by atomic mass is 16.1. The third-order valence-electron chi connectivity index (χ3n) is 4.03. The number of hydrogen-bond donors (Lipinski definition) is 0. The Labute approximate surface area is 135 Å². The number of aryl methyl sites for hydroxylation is 2. The van der Waals surface area contributed by atoms with Crippen molar-refractivity contribution in [2.24, 2.45) is 7.05 Å². The smallest absolute Gasteiger partial charge is 0.281 e. The summed E-state index contributed by atoms with van der Waals surface area (Å²) in [5, 5.41) is 4.22. The van der Waals surface area contributed by atoms with Crippen molar-refractivity contribution in [1.82, 2.24) is 24.2 Å². The molecule has 0 aliphatic heterocycles. The molecule has 0 saturated heterocycles. The first-order chi connectivity index (χ1) is 11.0. The fourth-order valence-electron chi connectivity index (χ4n) is 2.80. The van der Waals surface area contributed by atoms with Gasteiger partial charge in [-0.1, -0.05) is 29.8 Å². The molecule has 0 aliphatic rings. The summed E-state index contributed by atoms with van der Waals surface area (Å²) in [5.41, 5.74) is 3.33. The lowest BCUT2D eigenvalue weighted by Crippen LogP contribution is -2.30. The number of hydrogen-bond acceptors (Lipinski definition) is 4. The van der Waals surface area contributed by atoms with Gasteiger partial charge in [-0.3, -0.25) is 14.0 Å². The second kappa shape index (κ2) is 5.96. The van der Waals surface area contributed by atoms with E-state index in [0.717, 1.165) is 0 Å². The van der Waals surface area contributed by atoms with Gasteiger partial charge in [0, 0.05) is 13.6 Å². The third-order valence-corrected chi connectivity index (χ3v) is 4.03. The summed E-state index contributed by atoms with van der Waals surface area (Å²) in [6, 6.07) is 8.46. The largest absolute Gasteiger partial charge is 0.301 e. The quantitative estimate of drug-likeness (QED) is 0.736. The standard InChI is InChI=1S/C17H21N5O/c1-12-6-5-7-13(8-12)15(20(2)3)10-22-11-18-14-9-21(4)19-16(14)17(22)23/h5-9,11,15H,10H2,1-4H3. The summed E-state index contributed by atoms with van der Waals surface area (Å²) in [4.78, 5) is 19.1. The lowest BCUT2D eigenvalue weighted by atomic mass is 10.0. The molecule has 6 nitrogen and oxygen atoms in total. The van der Waals surface area contributed by atoms with Crippen molar-refractivity contribution in [3.05, 3.63) is 58.3 Å². The van der Waals surface area contributed by atoms with E-state index in [0.29, 0.717) is 17.6 Å². The zero-order valence-corrected chi connectivity index (χ0v) is 13.9. The Morgan fingerprint density at radius 2 is 2.09 bits per heavy atom. The number of fused-ring (bicyclic) bond motifs is 1. The van der Waals surface area contributed by atoms with Gasteiger partial charge in [-0.05, 0) is 26.6 Å². The van der Waals surface area contributed by atoms with Crippen LogP contribution in [0.5, 0.6) is 0 Å². The molecule has 23 heavy (non-hydrogen) atoms. The van der Waals surface area contributed by atoms with Gasteiger partial charge >= 0.3 is 0 Å². The van der Waals surface area contributed by atoms with Gasteiger partial charge in [-0.25, -0.2) is 4.98 Å². The average molecular weight is 311 g/mol. The molecule has 1 unspecified atom stereocenters. The summed E-state index contributed by atoms with van der Waals surface area (Å²) in [6.45, 7) is 2.61. The maximum atomic E-state index is 12.6. The topological polar surface area (TPSA) is 56.0 Å². The molecule has 0 saturated carbocycles. The maximum absolute atomic E-state index is 12.6. The average Bonchev–Trinajstić information content (AvgIpc) is 2.88. The Kier molecular flexibility index (Phi) is 4.00. The number of nitrogens with zero attached hydrogens (tertiary/aromatic N) is 5. The summed E-state index contributed by atoms with van der Waals surface area (Å²) in [6.07, 6.45) is 3.36. The van der Waals surface area contributed by atoms with Crippen molar-refractivity contribution in [2.75, 3.05) is 14.1 Å². The first-order valence-corrected chi connectivity index (χ1v) is 7.57. The molecule has 0 radical (unpaired) electrons. The highest BCUT2D eigenvalue weighted by Crippen LogP contribution is 2.21. The Balaban J connectivity index is 2.01. The lowest BCUT2D eigenvalue weighted by Gasteiger charge is -2.25. The molecule has 0 N–H and O–H groups in total. The monoisotopic (exact) mass is 311 g/mol. The molecule has 3 aromatic rings. The first-order valence-electron chi connectivity index (χ1n) is 7.57. The van der Waals surface area contributed by atoms with Gasteiger partial charge in [0.1, 0.15) is 5.52 Å². The van der Waals surface area contributed by atoms with E-state index < -0.39 is 0 Å². The normalized spacial score (nSPS) is 12.9. The van der Waals surface area contributed by atoms with Crippen LogP contribution < -0.4 is 5.56 Å². The molecule has 2 aromatic heterocycles. The molecule has 1 atom stereocenters. The number of rotatable bonds is 4. The van der Waals surface area contributed by atoms with E-state index in [2.05, 4.69) is 40.1 Å². The van der Waals surface area contributed by atoms with Crippen LogP contribution in [-0.4, -0.2) is 38.3 Å². The van der Waals surface area contributed by atoms with Gasteiger partial charge in [0.05, 0.1) is 18.6 Å². The summed E-state index contributed by atoms with van der Waals surface area (Å²) in [7, 11) is 5.83.